The number of likely N-dealkylation sites (tertiary alicyclic amines) is 1. The van der Waals surface area contributed by atoms with Crippen LogP contribution in [-0.2, 0) is 6.54 Å². The molecule has 1 fully saturated rings. The van der Waals surface area contributed by atoms with Gasteiger partial charge in [-0.2, -0.15) is 0 Å². The fourth-order valence-electron chi connectivity index (χ4n) is 3.21. The van der Waals surface area contributed by atoms with Crippen molar-refractivity contribution < 1.29 is 4.42 Å². The number of hydrogen-bond donors (Lipinski definition) is 0. The highest BCUT2D eigenvalue weighted by Crippen LogP contribution is 2.22. The van der Waals surface area contributed by atoms with Crippen molar-refractivity contribution >= 4 is 0 Å². The SMILES string of the molecule is C=CCN1CCC(N2C=CN(Cc3ccc(C)o3)C2)CC1. The standard InChI is InChI=1S/C17H25N3O/c1-3-8-18-9-6-16(7-10-18)20-12-11-19(14-20)13-17-5-4-15(2)21-17/h3-5,11-12,16H,1,6-10,13-14H2,2H3. The molecule has 0 N–H and O–H groups in total. The summed E-state index contributed by atoms with van der Waals surface area (Å²) in [7, 11) is 0. The maximum absolute atomic E-state index is 5.66. The van der Waals surface area contributed by atoms with Crippen molar-refractivity contribution in [1.29, 1.82) is 0 Å². The van der Waals surface area contributed by atoms with Gasteiger partial charge in [0.1, 0.15) is 11.5 Å². The topological polar surface area (TPSA) is 22.9 Å². The number of piperidine rings is 1. The van der Waals surface area contributed by atoms with E-state index in [-0.39, 0.29) is 0 Å². The van der Waals surface area contributed by atoms with E-state index >= 15 is 0 Å². The smallest absolute Gasteiger partial charge is 0.123 e. The first-order valence-electron chi connectivity index (χ1n) is 7.81. The molecule has 0 saturated carbocycles. The molecule has 0 bridgehead atoms. The van der Waals surface area contributed by atoms with Crippen molar-refractivity contribution in [1.82, 2.24) is 14.7 Å². The number of nitrogens with zero attached hydrogens (tertiary/aromatic N) is 3. The predicted octanol–water partition coefficient (Wildman–Crippen LogP) is 2.78. The second kappa shape index (κ2) is 6.39. The Hall–Kier alpha value is -1.68. The lowest BCUT2D eigenvalue weighted by atomic mass is 10.0. The molecule has 21 heavy (non-hydrogen) atoms. The molecular weight excluding hydrogens is 262 g/mol. The van der Waals surface area contributed by atoms with E-state index in [0.29, 0.717) is 6.04 Å². The highest BCUT2D eigenvalue weighted by molar-refractivity contribution is 5.07. The van der Waals surface area contributed by atoms with Crippen LogP contribution in [0.15, 0.2) is 41.6 Å². The molecule has 2 aliphatic rings. The summed E-state index contributed by atoms with van der Waals surface area (Å²) >= 11 is 0. The largest absolute Gasteiger partial charge is 0.464 e. The zero-order valence-electron chi connectivity index (χ0n) is 12.9. The normalized spacial score (nSPS) is 20.4. The van der Waals surface area contributed by atoms with Crippen molar-refractivity contribution in [2.75, 3.05) is 26.3 Å². The summed E-state index contributed by atoms with van der Waals surface area (Å²) in [4.78, 5) is 7.27. The van der Waals surface area contributed by atoms with Crippen LogP contribution >= 0.6 is 0 Å². The van der Waals surface area contributed by atoms with Crippen LogP contribution in [0.3, 0.4) is 0 Å². The van der Waals surface area contributed by atoms with Gasteiger partial charge in [-0.05, 0) is 31.9 Å². The van der Waals surface area contributed by atoms with E-state index < -0.39 is 0 Å². The fourth-order valence-corrected chi connectivity index (χ4v) is 3.21. The number of furan rings is 1. The van der Waals surface area contributed by atoms with Gasteiger partial charge in [0, 0.05) is 38.1 Å². The Kier molecular flexibility index (Phi) is 4.34. The van der Waals surface area contributed by atoms with E-state index in [9.17, 15) is 0 Å². The van der Waals surface area contributed by atoms with Gasteiger partial charge in [-0.3, -0.25) is 4.90 Å². The first-order valence-corrected chi connectivity index (χ1v) is 7.81. The van der Waals surface area contributed by atoms with E-state index in [1.54, 1.807) is 0 Å². The third kappa shape index (κ3) is 3.50. The molecule has 0 spiro atoms. The average molecular weight is 287 g/mol. The third-order valence-corrected chi connectivity index (χ3v) is 4.38. The zero-order valence-corrected chi connectivity index (χ0v) is 12.9. The Balaban J connectivity index is 1.47. The monoisotopic (exact) mass is 287 g/mol. The van der Waals surface area contributed by atoms with Crippen LogP contribution in [0.2, 0.25) is 0 Å². The molecule has 4 heteroatoms. The highest BCUT2D eigenvalue weighted by atomic mass is 16.3. The maximum Gasteiger partial charge on any atom is 0.123 e. The highest BCUT2D eigenvalue weighted by Gasteiger charge is 2.25. The van der Waals surface area contributed by atoms with E-state index in [1.807, 2.05) is 19.1 Å². The Bertz CT molecular complexity index is 500. The Morgan fingerprint density at radius 2 is 2.10 bits per heavy atom. The van der Waals surface area contributed by atoms with Crippen LogP contribution < -0.4 is 0 Å². The van der Waals surface area contributed by atoms with Crippen LogP contribution in [0.25, 0.3) is 0 Å². The molecule has 1 saturated heterocycles. The van der Waals surface area contributed by atoms with Gasteiger partial charge < -0.3 is 14.2 Å². The third-order valence-electron chi connectivity index (χ3n) is 4.38. The fraction of sp³-hybridized carbons (Fsp3) is 0.529. The summed E-state index contributed by atoms with van der Waals surface area (Å²) in [6.45, 7) is 11.0. The summed E-state index contributed by atoms with van der Waals surface area (Å²) in [5.74, 6) is 2.03. The first-order chi connectivity index (χ1) is 10.2. The number of rotatable bonds is 5. The summed E-state index contributed by atoms with van der Waals surface area (Å²) in [6, 6.07) is 4.77. The average Bonchev–Trinajstić information content (AvgIpc) is 3.10. The van der Waals surface area contributed by atoms with Gasteiger partial charge >= 0.3 is 0 Å². The molecule has 0 amide bonds. The van der Waals surface area contributed by atoms with Crippen molar-refractivity contribution in [3.05, 3.63) is 48.7 Å². The summed E-state index contributed by atoms with van der Waals surface area (Å²) in [5.41, 5.74) is 0. The predicted molar refractivity (Wildman–Crippen MR) is 84.5 cm³/mol. The van der Waals surface area contributed by atoms with Gasteiger partial charge in [0.25, 0.3) is 0 Å². The minimum absolute atomic E-state index is 0.672. The van der Waals surface area contributed by atoms with E-state index in [0.717, 1.165) is 31.3 Å². The molecule has 3 heterocycles. The molecule has 0 aliphatic carbocycles. The quantitative estimate of drug-likeness (QED) is 0.777. The molecule has 4 nitrogen and oxygen atoms in total. The van der Waals surface area contributed by atoms with Gasteiger partial charge in [-0.15, -0.1) is 6.58 Å². The number of hydrogen-bond acceptors (Lipinski definition) is 4. The van der Waals surface area contributed by atoms with Crippen LogP contribution in [0.5, 0.6) is 0 Å². The molecule has 114 valence electrons. The van der Waals surface area contributed by atoms with Crippen molar-refractivity contribution in [2.45, 2.75) is 32.4 Å². The maximum atomic E-state index is 5.66. The molecule has 3 rings (SSSR count). The Morgan fingerprint density at radius 1 is 1.29 bits per heavy atom. The lowest BCUT2D eigenvalue weighted by Crippen LogP contribution is -2.43. The van der Waals surface area contributed by atoms with Gasteiger partial charge in [-0.25, -0.2) is 0 Å². The molecular formula is C17H25N3O. The molecule has 0 aromatic carbocycles. The second-order valence-electron chi connectivity index (χ2n) is 6.03. The summed E-state index contributed by atoms with van der Waals surface area (Å²) in [6.07, 6.45) is 8.92. The van der Waals surface area contributed by atoms with Crippen LogP contribution in [0.1, 0.15) is 24.4 Å². The van der Waals surface area contributed by atoms with E-state index in [4.69, 9.17) is 4.42 Å². The Morgan fingerprint density at radius 3 is 2.76 bits per heavy atom. The van der Waals surface area contributed by atoms with Crippen LogP contribution in [-0.4, -0.2) is 47.0 Å². The molecule has 1 aromatic rings. The van der Waals surface area contributed by atoms with E-state index in [2.05, 4.69) is 39.7 Å². The number of aryl methyl sites for hydroxylation is 1. The van der Waals surface area contributed by atoms with Gasteiger partial charge in [0.2, 0.25) is 0 Å². The molecule has 0 atom stereocenters. The van der Waals surface area contributed by atoms with Crippen molar-refractivity contribution in [3.8, 4) is 0 Å². The zero-order chi connectivity index (χ0) is 14.7. The second-order valence-corrected chi connectivity index (χ2v) is 6.03. The van der Waals surface area contributed by atoms with Gasteiger partial charge in [0.05, 0.1) is 13.2 Å². The molecule has 0 unspecified atom stereocenters. The lowest BCUT2D eigenvalue weighted by molar-refractivity contribution is 0.128. The van der Waals surface area contributed by atoms with Gasteiger partial charge in [-0.1, -0.05) is 6.08 Å². The van der Waals surface area contributed by atoms with E-state index in [1.165, 1.54) is 25.9 Å². The molecule has 1 aromatic heterocycles. The lowest BCUT2D eigenvalue weighted by Gasteiger charge is -2.36. The molecule has 0 radical (unpaired) electrons. The Labute approximate surface area is 127 Å². The minimum Gasteiger partial charge on any atom is -0.464 e. The van der Waals surface area contributed by atoms with Crippen molar-refractivity contribution in [3.63, 3.8) is 0 Å². The van der Waals surface area contributed by atoms with Crippen LogP contribution in [0.4, 0.5) is 0 Å². The van der Waals surface area contributed by atoms with Crippen molar-refractivity contribution in [2.24, 2.45) is 0 Å². The minimum atomic E-state index is 0.672. The first kappa shape index (κ1) is 14.3. The summed E-state index contributed by atoms with van der Waals surface area (Å²) in [5, 5.41) is 0. The summed E-state index contributed by atoms with van der Waals surface area (Å²) < 4.78 is 5.66. The molecule has 2 aliphatic heterocycles. The van der Waals surface area contributed by atoms with Crippen LogP contribution in [0, 0.1) is 6.92 Å². The van der Waals surface area contributed by atoms with Gasteiger partial charge in [0.15, 0.2) is 0 Å².